The number of nitrogens with two attached hydrogens (primary N) is 1. The molecule has 0 bridgehead atoms. The van der Waals surface area contributed by atoms with Gasteiger partial charge in [-0.2, -0.15) is 0 Å². The van der Waals surface area contributed by atoms with Crippen LogP contribution in [0.15, 0.2) is 29.7 Å². The van der Waals surface area contributed by atoms with Crippen molar-refractivity contribution in [2.24, 2.45) is 0 Å². The van der Waals surface area contributed by atoms with Crippen molar-refractivity contribution in [3.8, 4) is 0 Å². The maximum absolute atomic E-state index is 12.2. The van der Waals surface area contributed by atoms with Gasteiger partial charge >= 0.3 is 0 Å². The van der Waals surface area contributed by atoms with Crippen molar-refractivity contribution in [1.29, 1.82) is 0 Å². The van der Waals surface area contributed by atoms with Crippen LogP contribution in [0.1, 0.15) is 18.1 Å². The molecule has 0 aliphatic rings. The Bertz CT molecular complexity index is 536. The predicted molar refractivity (Wildman–Crippen MR) is 70.3 cm³/mol. The highest BCUT2D eigenvalue weighted by Crippen LogP contribution is 2.24. The summed E-state index contributed by atoms with van der Waals surface area (Å²) in [5.41, 5.74) is 7.47. The first kappa shape index (κ1) is 13.7. The molecule has 1 rings (SSSR count). The molecule has 0 saturated carbocycles. The third kappa shape index (κ3) is 2.87. The quantitative estimate of drug-likeness (QED) is 0.635. The zero-order valence-corrected chi connectivity index (χ0v) is 11.1. The van der Waals surface area contributed by atoms with Crippen molar-refractivity contribution < 1.29 is 8.42 Å². The fourth-order valence-corrected chi connectivity index (χ4v) is 3.32. The summed E-state index contributed by atoms with van der Waals surface area (Å²) >= 11 is 0. The lowest BCUT2D eigenvalue weighted by Gasteiger charge is -2.15. The minimum Gasteiger partial charge on any atom is -0.398 e. The molecule has 4 nitrogen and oxygen atoms in total. The molecule has 1 aromatic rings. The van der Waals surface area contributed by atoms with Crippen LogP contribution in [-0.2, 0) is 10.0 Å². The van der Waals surface area contributed by atoms with Gasteiger partial charge in [0.2, 0.25) is 10.0 Å². The number of nitrogen functional groups attached to an aromatic ring is 1. The van der Waals surface area contributed by atoms with E-state index in [1.165, 1.54) is 6.08 Å². The Morgan fingerprint density at radius 2 is 2.00 bits per heavy atom. The molecular weight excluding hydrogens is 236 g/mol. The van der Waals surface area contributed by atoms with Crippen molar-refractivity contribution in [3.63, 3.8) is 0 Å². The first-order valence-electron chi connectivity index (χ1n) is 5.30. The van der Waals surface area contributed by atoms with E-state index in [0.717, 1.165) is 0 Å². The molecule has 94 valence electrons. The summed E-state index contributed by atoms with van der Waals surface area (Å²) in [6.07, 6.45) is 1.54. The Morgan fingerprint density at radius 3 is 2.53 bits per heavy atom. The second-order valence-electron chi connectivity index (χ2n) is 4.07. The molecule has 3 N–H and O–H groups in total. The Balaban J connectivity index is 3.33. The lowest BCUT2D eigenvalue weighted by molar-refractivity contribution is 0.575. The molecule has 1 atom stereocenters. The summed E-state index contributed by atoms with van der Waals surface area (Å²) in [5.74, 6) is 0. The van der Waals surface area contributed by atoms with Crippen molar-refractivity contribution in [3.05, 3.63) is 35.9 Å². The summed E-state index contributed by atoms with van der Waals surface area (Å²) in [6, 6.07) is 3.09. The number of rotatable bonds is 4. The third-order valence-corrected chi connectivity index (χ3v) is 4.46. The molecule has 0 aliphatic heterocycles. The molecule has 1 aromatic carbocycles. The fourth-order valence-electron chi connectivity index (χ4n) is 1.61. The highest BCUT2D eigenvalue weighted by Gasteiger charge is 2.21. The highest BCUT2D eigenvalue weighted by atomic mass is 32.2. The van der Waals surface area contributed by atoms with Crippen LogP contribution in [0, 0.1) is 13.8 Å². The van der Waals surface area contributed by atoms with Gasteiger partial charge in [-0.25, -0.2) is 13.1 Å². The summed E-state index contributed by atoms with van der Waals surface area (Å²) in [6.45, 7) is 8.73. The predicted octanol–water partition coefficient (Wildman–Crippen LogP) is 1.74. The summed E-state index contributed by atoms with van der Waals surface area (Å²) in [5, 5.41) is 0. The molecule has 0 aromatic heterocycles. The lowest BCUT2D eigenvalue weighted by Crippen LogP contribution is -2.32. The number of anilines is 1. The van der Waals surface area contributed by atoms with Gasteiger partial charge in [0.15, 0.2) is 0 Å². The minimum absolute atomic E-state index is 0.256. The van der Waals surface area contributed by atoms with Crippen molar-refractivity contribution in [2.45, 2.75) is 31.7 Å². The van der Waals surface area contributed by atoms with Gasteiger partial charge in [0.05, 0.1) is 4.90 Å². The smallest absolute Gasteiger partial charge is 0.241 e. The first-order valence-corrected chi connectivity index (χ1v) is 6.78. The third-order valence-electron chi connectivity index (χ3n) is 2.61. The van der Waals surface area contributed by atoms with Crippen LogP contribution in [0.2, 0.25) is 0 Å². The summed E-state index contributed by atoms with van der Waals surface area (Å²) in [4.78, 5) is 0.256. The molecule has 0 fully saturated rings. The molecule has 1 unspecified atom stereocenters. The first-order chi connectivity index (χ1) is 7.79. The zero-order valence-electron chi connectivity index (χ0n) is 10.3. The Morgan fingerprint density at radius 1 is 1.41 bits per heavy atom. The van der Waals surface area contributed by atoms with Crippen LogP contribution < -0.4 is 10.5 Å². The lowest BCUT2D eigenvalue weighted by atomic mass is 10.1. The molecule has 0 aliphatic carbocycles. The van der Waals surface area contributed by atoms with Gasteiger partial charge in [-0.3, -0.25) is 0 Å². The Kier molecular flexibility index (Phi) is 3.95. The van der Waals surface area contributed by atoms with Crippen molar-refractivity contribution in [2.75, 3.05) is 5.73 Å². The van der Waals surface area contributed by atoms with E-state index in [0.29, 0.717) is 16.8 Å². The van der Waals surface area contributed by atoms with E-state index in [2.05, 4.69) is 11.3 Å². The van der Waals surface area contributed by atoms with Gasteiger partial charge in [-0.1, -0.05) is 12.1 Å². The molecule has 0 saturated heterocycles. The fraction of sp³-hybridized carbons (Fsp3) is 0.333. The van der Waals surface area contributed by atoms with Crippen LogP contribution in [0.4, 0.5) is 5.69 Å². The number of nitrogens with one attached hydrogen (secondary N) is 1. The second-order valence-corrected chi connectivity index (χ2v) is 5.72. The normalized spacial score (nSPS) is 13.4. The molecule has 5 heteroatoms. The average molecular weight is 254 g/mol. The van der Waals surface area contributed by atoms with Crippen LogP contribution in [-0.4, -0.2) is 14.5 Å². The molecule has 17 heavy (non-hydrogen) atoms. The number of benzene rings is 1. The van der Waals surface area contributed by atoms with Gasteiger partial charge in [0, 0.05) is 11.7 Å². The molecule has 0 amide bonds. The SMILES string of the molecule is C=CC(C)NS(=O)(=O)c1c(C)ccc(N)c1C. The van der Waals surface area contributed by atoms with E-state index in [4.69, 9.17) is 5.73 Å². The van der Waals surface area contributed by atoms with Gasteiger partial charge in [0.1, 0.15) is 0 Å². The van der Waals surface area contributed by atoms with E-state index in [1.807, 2.05) is 0 Å². The minimum atomic E-state index is -3.56. The summed E-state index contributed by atoms with van der Waals surface area (Å²) in [7, 11) is -3.56. The van der Waals surface area contributed by atoms with Crippen molar-refractivity contribution in [1.82, 2.24) is 4.72 Å². The monoisotopic (exact) mass is 254 g/mol. The number of hydrogen-bond acceptors (Lipinski definition) is 3. The van der Waals surface area contributed by atoms with Crippen LogP contribution in [0.5, 0.6) is 0 Å². The highest BCUT2D eigenvalue weighted by molar-refractivity contribution is 7.89. The van der Waals surface area contributed by atoms with Gasteiger partial charge in [-0.15, -0.1) is 6.58 Å². The Labute approximate surface area is 103 Å². The average Bonchev–Trinajstić information content (AvgIpc) is 2.23. The number of sulfonamides is 1. The maximum Gasteiger partial charge on any atom is 0.241 e. The van der Waals surface area contributed by atoms with E-state index >= 15 is 0 Å². The second kappa shape index (κ2) is 4.89. The van der Waals surface area contributed by atoms with Crippen molar-refractivity contribution >= 4 is 15.7 Å². The summed E-state index contributed by atoms with van der Waals surface area (Å²) < 4.78 is 26.9. The number of hydrogen-bond donors (Lipinski definition) is 2. The molecular formula is C12H18N2O2S. The van der Waals surface area contributed by atoms with Crippen LogP contribution >= 0.6 is 0 Å². The molecule has 0 radical (unpaired) electrons. The van der Waals surface area contributed by atoms with Crippen LogP contribution in [0.3, 0.4) is 0 Å². The van der Waals surface area contributed by atoms with E-state index < -0.39 is 10.0 Å². The van der Waals surface area contributed by atoms with Crippen LogP contribution in [0.25, 0.3) is 0 Å². The Hall–Kier alpha value is -1.33. The maximum atomic E-state index is 12.2. The van der Waals surface area contributed by atoms with Gasteiger partial charge in [-0.05, 0) is 38.0 Å². The van der Waals surface area contributed by atoms with E-state index in [9.17, 15) is 8.42 Å². The number of aryl methyl sites for hydroxylation is 1. The standard InChI is InChI=1S/C12H18N2O2S/c1-5-9(3)14-17(15,16)12-8(2)6-7-11(13)10(12)4/h5-7,9,14H,1,13H2,2-4H3. The van der Waals surface area contributed by atoms with E-state index in [-0.39, 0.29) is 10.9 Å². The van der Waals surface area contributed by atoms with Gasteiger partial charge in [0.25, 0.3) is 0 Å². The largest absolute Gasteiger partial charge is 0.398 e. The van der Waals surface area contributed by atoms with Gasteiger partial charge < -0.3 is 5.73 Å². The molecule has 0 heterocycles. The molecule has 0 spiro atoms. The van der Waals surface area contributed by atoms with E-state index in [1.54, 1.807) is 32.9 Å². The zero-order chi connectivity index (χ0) is 13.2. The topological polar surface area (TPSA) is 72.2 Å².